The lowest BCUT2D eigenvalue weighted by molar-refractivity contribution is 0.552. The predicted molar refractivity (Wildman–Crippen MR) is 73.0 cm³/mol. The van der Waals surface area contributed by atoms with Crippen LogP contribution in [0.15, 0.2) is 46.9 Å². The summed E-state index contributed by atoms with van der Waals surface area (Å²) in [6, 6.07) is 16.3. The highest BCUT2D eigenvalue weighted by atomic mass is 16.3. The van der Waals surface area contributed by atoms with Gasteiger partial charge in [-0.3, -0.25) is 0 Å². The molecule has 1 heterocycles. The molecule has 0 amide bonds. The van der Waals surface area contributed by atoms with Gasteiger partial charge >= 0.3 is 0 Å². The van der Waals surface area contributed by atoms with Crippen molar-refractivity contribution in [3.8, 4) is 6.07 Å². The maximum atomic E-state index is 8.95. The largest absolute Gasteiger partial charge is 0.460 e. The van der Waals surface area contributed by atoms with Crippen molar-refractivity contribution in [1.82, 2.24) is 0 Å². The van der Waals surface area contributed by atoms with Gasteiger partial charge in [0.2, 0.25) is 0 Å². The van der Waals surface area contributed by atoms with Gasteiger partial charge in [-0.25, -0.2) is 0 Å². The maximum Gasteiger partial charge on any atom is 0.135 e. The van der Waals surface area contributed by atoms with Crippen molar-refractivity contribution in [2.45, 2.75) is 12.8 Å². The van der Waals surface area contributed by atoms with Gasteiger partial charge in [0.15, 0.2) is 0 Å². The molecule has 0 saturated heterocycles. The highest BCUT2D eigenvalue weighted by molar-refractivity contribution is 5.84. The third-order valence-electron chi connectivity index (χ3n) is 3.84. The van der Waals surface area contributed by atoms with Gasteiger partial charge in [-0.05, 0) is 29.3 Å². The molecular weight excluding hydrogens is 234 g/mol. The average Bonchev–Trinajstić information content (AvgIpc) is 2.81. The molecule has 1 aromatic heterocycles. The lowest BCUT2D eigenvalue weighted by Gasteiger charge is -2.14. The second-order valence-corrected chi connectivity index (χ2v) is 4.95. The van der Waals surface area contributed by atoms with Crippen molar-refractivity contribution in [3.63, 3.8) is 0 Å². The summed E-state index contributed by atoms with van der Waals surface area (Å²) in [6.45, 7) is 0. The Morgan fingerprint density at radius 2 is 1.79 bits per heavy atom. The summed E-state index contributed by atoms with van der Waals surface area (Å²) in [5, 5.41) is 10.1. The number of benzene rings is 2. The van der Waals surface area contributed by atoms with Crippen LogP contribution >= 0.6 is 0 Å². The van der Waals surface area contributed by atoms with Crippen molar-refractivity contribution >= 4 is 11.0 Å². The molecule has 1 aliphatic carbocycles. The molecule has 0 atom stereocenters. The Labute approximate surface area is 110 Å². The van der Waals surface area contributed by atoms with E-state index in [1.807, 2.05) is 18.2 Å². The SMILES string of the molecule is N#Cc1ccc2c3c(oc2c1)Cc1ccccc1C3. The molecule has 4 rings (SSSR count). The Bertz CT molecular complexity index is 836. The minimum atomic E-state index is 0.649. The van der Waals surface area contributed by atoms with Crippen LogP contribution in [0, 0.1) is 11.3 Å². The molecule has 0 fully saturated rings. The lowest BCUT2D eigenvalue weighted by Crippen LogP contribution is -2.04. The molecule has 1 aliphatic rings. The monoisotopic (exact) mass is 245 g/mol. The van der Waals surface area contributed by atoms with E-state index in [0.29, 0.717) is 5.56 Å². The zero-order valence-corrected chi connectivity index (χ0v) is 10.3. The lowest BCUT2D eigenvalue weighted by atomic mass is 9.89. The first-order valence-corrected chi connectivity index (χ1v) is 6.36. The summed E-state index contributed by atoms with van der Waals surface area (Å²) in [7, 11) is 0. The summed E-state index contributed by atoms with van der Waals surface area (Å²) in [6.07, 6.45) is 1.77. The Kier molecular flexibility index (Phi) is 2.04. The summed E-state index contributed by atoms with van der Waals surface area (Å²) in [4.78, 5) is 0. The normalized spacial score (nSPS) is 12.8. The molecule has 0 radical (unpaired) electrons. The number of nitriles is 1. The Morgan fingerprint density at radius 1 is 1.00 bits per heavy atom. The van der Waals surface area contributed by atoms with Crippen LogP contribution in [0.4, 0.5) is 0 Å². The summed E-state index contributed by atoms with van der Waals surface area (Å²) >= 11 is 0. The summed E-state index contributed by atoms with van der Waals surface area (Å²) in [5.41, 5.74) is 5.47. The van der Waals surface area contributed by atoms with Gasteiger partial charge in [-0.15, -0.1) is 0 Å². The number of rotatable bonds is 0. The standard InChI is InChI=1S/C17H11NO/c18-10-11-5-6-14-15-8-12-3-1-2-4-13(12)9-17(15)19-16(14)7-11/h1-7H,8-9H2. The van der Waals surface area contributed by atoms with E-state index in [1.54, 1.807) is 0 Å². The highest BCUT2D eigenvalue weighted by Gasteiger charge is 2.21. The molecule has 0 unspecified atom stereocenters. The van der Waals surface area contributed by atoms with Gasteiger partial charge in [-0.1, -0.05) is 24.3 Å². The average molecular weight is 245 g/mol. The molecule has 2 aromatic carbocycles. The first-order chi connectivity index (χ1) is 9.35. The van der Waals surface area contributed by atoms with Crippen LogP contribution in [-0.2, 0) is 12.8 Å². The van der Waals surface area contributed by atoms with Gasteiger partial charge in [0.05, 0.1) is 11.6 Å². The molecule has 19 heavy (non-hydrogen) atoms. The Morgan fingerprint density at radius 3 is 2.58 bits per heavy atom. The van der Waals surface area contributed by atoms with Crippen LogP contribution in [0.5, 0.6) is 0 Å². The van der Waals surface area contributed by atoms with Crippen LogP contribution in [0.2, 0.25) is 0 Å². The molecular formula is C17H11NO. The topological polar surface area (TPSA) is 36.9 Å². The molecule has 0 aliphatic heterocycles. The van der Waals surface area contributed by atoms with Crippen LogP contribution < -0.4 is 0 Å². The van der Waals surface area contributed by atoms with E-state index < -0.39 is 0 Å². The van der Waals surface area contributed by atoms with E-state index in [1.165, 1.54) is 16.7 Å². The maximum absolute atomic E-state index is 8.95. The molecule has 0 bridgehead atoms. The summed E-state index contributed by atoms with van der Waals surface area (Å²) < 4.78 is 5.94. The van der Waals surface area contributed by atoms with E-state index in [-0.39, 0.29) is 0 Å². The van der Waals surface area contributed by atoms with Gasteiger partial charge in [0.1, 0.15) is 11.3 Å². The minimum absolute atomic E-state index is 0.649. The zero-order valence-electron chi connectivity index (χ0n) is 10.3. The summed E-state index contributed by atoms with van der Waals surface area (Å²) in [5.74, 6) is 1.05. The third kappa shape index (κ3) is 1.49. The quantitative estimate of drug-likeness (QED) is 0.472. The van der Waals surface area contributed by atoms with Gasteiger partial charge in [-0.2, -0.15) is 5.26 Å². The second-order valence-electron chi connectivity index (χ2n) is 4.95. The molecule has 0 N–H and O–H groups in total. The van der Waals surface area contributed by atoms with Gasteiger partial charge in [0.25, 0.3) is 0 Å². The number of fused-ring (bicyclic) bond motifs is 4. The number of hydrogen-bond acceptors (Lipinski definition) is 2. The van der Waals surface area contributed by atoms with Crippen LogP contribution in [0.3, 0.4) is 0 Å². The molecule has 90 valence electrons. The van der Waals surface area contributed by atoms with E-state index in [0.717, 1.165) is 29.6 Å². The molecule has 2 heteroatoms. The van der Waals surface area contributed by atoms with Crippen molar-refractivity contribution in [2.24, 2.45) is 0 Å². The van der Waals surface area contributed by atoms with E-state index >= 15 is 0 Å². The highest BCUT2D eigenvalue weighted by Crippen LogP contribution is 2.34. The molecule has 0 saturated carbocycles. The second kappa shape index (κ2) is 3.73. The number of hydrogen-bond donors (Lipinski definition) is 0. The van der Waals surface area contributed by atoms with E-state index in [9.17, 15) is 0 Å². The first-order valence-electron chi connectivity index (χ1n) is 6.36. The molecule has 0 spiro atoms. The smallest absolute Gasteiger partial charge is 0.135 e. The molecule has 3 aromatic rings. The van der Waals surface area contributed by atoms with E-state index in [4.69, 9.17) is 9.68 Å². The van der Waals surface area contributed by atoms with E-state index in [2.05, 4.69) is 30.3 Å². The van der Waals surface area contributed by atoms with Crippen molar-refractivity contribution in [3.05, 3.63) is 70.5 Å². The molecule has 2 nitrogen and oxygen atoms in total. The minimum Gasteiger partial charge on any atom is -0.460 e. The number of nitrogens with zero attached hydrogens (tertiary/aromatic N) is 1. The fourth-order valence-electron chi connectivity index (χ4n) is 2.87. The van der Waals surface area contributed by atoms with Crippen LogP contribution in [-0.4, -0.2) is 0 Å². The van der Waals surface area contributed by atoms with Gasteiger partial charge < -0.3 is 4.42 Å². The van der Waals surface area contributed by atoms with Crippen molar-refractivity contribution in [2.75, 3.05) is 0 Å². The van der Waals surface area contributed by atoms with Crippen molar-refractivity contribution < 1.29 is 4.42 Å². The first kappa shape index (κ1) is 10.4. The fourth-order valence-corrected chi connectivity index (χ4v) is 2.87. The predicted octanol–water partition coefficient (Wildman–Crippen LogP) is 3.80. The fraction of sp³-hybridized carbons (Fsp3) is 0.118. The number of furan rings is 1. The zero-order chi connectivity index (χ0) is 12.8. The van der Waals surface area contributed by atoms with Gasteiger partial charge in [0, 0.05) is 23.8 Å². The van der Waals surface area contributed by atoms with Crippen LogP contribution in [0.25, 0.3) is 11.0 Å². The van der Waals surface area contributed by atoms with Crippen LogP contribution in [0.1, 0.15) is 28.0 Å². The Hall–Kier alpha value is -2.53. The van der Waals surface area contributed by atoms with Crippen molar-refractivity contribution in [1.29, 1.82) is 5.26 Å². The Balaban J connectivity index is 1.93. The third-order valence-corrected chi connectivity index (χ3v) is 3.84.